The zero-order valence-electron chi connectivity index (χ0n) is 12.3. The molecular weight excluding hydrogens is 272 g/mol. The van der Waals surface area contributed by atoms with Crippen molar-refractivity contribution in [3.8, 4) is 6.07 Å². The van der Waals surface area contributed by atoms with E-state index >= 15 is 0 Å². The van der Waals surface area contributed by atoms with Crippen LogP contribution in [0.3, 0.4) is 0 Å². The molecule has 0 atom stereocenters. The minimum Gasteiger partial charge on any atom is -0.377 e. The summed E-state index contributed by atoms with van der Waals surface area (Å²) in [5, 5.41) is 12.3. The molecule has 2 N–H and O–H groups in total. The quantitative estimate of drug-likeness (QED) is 0.760. The van der Waals surface area contributed by atoms with Crippen molar-refractivity contribution in [2.24, 2.45) is 0 Å². The van der Waals surface area contributed by atoms with E-state index in [4.69, 9.17) is 5.26 Å². The number of hydrogen-bond donors (Lipinski definition) is 2. The van der Waals surface area contributed by atoms with Crippen molar-refractivity contribution in [2.75, 3.05) is 5.32 Å². The Morgan fingerprint density at radius 2 is 2.14 bits per heavy atom. The molecule has 3 rings (SSSR count). The highest BCUT2D eigenvalue weighted by atomic mass is 15.0. The molecule has 0 bridgehead atoms. The van der Waals surface area contributed by atoms with Crippen LogP contribution in [0, 0.1) is 11.3 Å². The van der Waals surface area contributed by atoms with Crippen molar-refractivity contribution in [1.82, 2.24) is 9.97 Å². The van der Waals surface area contributed by atoms with Crippen molar-refractivity contribution in [3.05, 3.63) is 65.5 Å². The second-order valence-electron chi connectivity index (χ2n) is 4.97. The average Bonchev–Trinajstić information content (AvgIpc) is 2.96. The molecule has 1 heterocycles. The van der Waals surface area contributed by atoms with E-state index in [0.717, 1.165) is 28.1 Å². The Labute approximate surface area is 129 Å². The van der Waals surface area contributed by atoms with Gasteiger partial charge in [0.25, 0.3) is 0 Å². The minimum atomic E-state index is 0.602. The summed E-state index contributed by atoms with van der Waals surface area (Å²) in [6.45, 7) is 2.61. The Balaban J connectivity index is 1.81. The van der Waals surface area contributed by atoms with Crippen molar-refractivity contribution in [3.63, 3.8) is 0 Å². The molecular formula is C18H16N4. The summed E-state index contributed by atoms with van der Waals surface area (Å²) in [5.74, 6) is 0.848. The molecule has 3 aromatic rings. The normalized spacial score (nSPS) is 10.9. The van der Waals surface area contributed by atoms with Crippen LogP contribution in [-0.4, -0.2) is 9.97 Å². The van der Waals surface area contributed by atoms with E-state index in [0.29, 0.717) is 12.1 Å². The van der Waals surface area contributed by atoms with Gasteiger partial charge in [-0.05, 0) is 36.8 Å². The number of H-pyrrole nitrogens is 1. The molecule has 4 heteroatoms. The summed E-state index contributed by atoms with van der Waals surface area (Å²) in [6, 6.07) is 15.7. The first-order valence-electron chi connectivity index (χ1n) is 7.14. The maximum atomic E-state index is 8.93. The molecule has 0 amide bonds. The van der Waals surface area contributed by atoms with Crippen LogP contribution in [0.15, 0.2) is 48.5 Å². The number of benzene rings is 2. The largest absolute Gasteiger partial charge is 0.377 e. The van der Waals surface area contributed by atoms with Gasteiger partial charge in [-0.2, -0.15) is 5.26 Å². The molecule has 0 aliphatic rings. The third-order valence-corrected chi connectivity index (χ3v) is 3.41. The lowest BCUT2D eigenvalue weighted by molar-refractivity contribution is 1.01. The van der Waals surface area contributed by atoms with Crippen LogP contribution in [0.1, 0.15) is 23.9 Å². The number of nitriles is 1. The molecule has 0 fully saturated rings. The summed E-state index contributed by atoms with van der Waals surface area (Å²) < 4.78 is 0. The zero-order valence-corrected chi connectivity index (χ0v) is 12.3. The first-order valence-corrected chi connectivity index (χ1v) is 7.14. The number of rotatable bonds is 4. The van der Waals surface area contributed by atoms with Gasteiger partial charge < -0.3 is 10.3 Å². The predicted molar refractivity (Wildman–Crippen MR) is 89.3 cm³/mol. The molecule has 0 saturated carbocycles. The SMILES string of the molecule is C/C=C/c1ccccc1NCc1nc2ccc(C#N)cc2[nH]1. The standard InChI is InChI=1S/C18H16N4/c1-2-5-14-6-3-4-7-15(14)20-12-18-21-16-9-8-13(11-19)10-17(16)22-18/h2-10,20H,12H2,1H3,(H,21,22)/b5-2+. The molecule has 0 aliphatic heterocycles. The fraction of sp³-hybridized carbons (Fsp3) is 0.111. The monoisotopic (exact) mass is 288 g/mol. The summed E-state index contributed by atoms with van der Waals surface area (Å²) >= 11 is 0. The van der Waals surface area contributed by atoms with Gasteiger partial charge in [0.15, 0.2) is 0 Å². The van der Waals surface area contributed by atoms with Gasteiger partial charge in [-0.15, -0.1) is 0 Å². The lowest BCUT2D eigenvalue weighted by Gasteiger charge is -2.07. The number of para-hydroxylation sites is 1. The van der Waals surface area contributed by atoms with Gasteiger partial charge in [-0.25, -0.2) is 4.98 Å². The topological polar surface area (TPSA) is 64.5 Å². The first-order chi connectivity index (χ1) is 10.8. The number of nitrogens with one attached hydrogen (secondary N) is 2. The molecule has 2 aromatic carbocycles. The van der Waals surface area contributed by atoms with E-state index in [1.165, 1.54) is 0 Å². The smallest absolute Gasteiger partial charge is 0.126 e. The molecule has 4 nitrogen and oxygen atoms in total. The van der Waals surface area contributed by atoms with Crippen molar-refractivity contribution in [2.45, 2.75) is 13.5 Å². The maximum absolute atomic E-state index is 8.93. The molecule has 108 valence electrons. The molecule has 0 aliphatic carbocycles. The van der Waals surface area contributed by atoms with E-state index in [1.54, 1.807) is 6.07 Å². The van der Waals surface area contributed by atoms with E-state index in [-0.39, 0.29) is 0 Å². The summed E-state index contributed by atoms with van der Waals surface area (Å²) in [6.07, 6.45) is 4.09. The summed E-state index contributed by atoms with van der Waals surface area (Å²) in [5.41, 5.74) is 4.61. The van der Waals surface area contributed by atoms with E-state index in [1.807, 2.05) is 43.3 Å². The fourth-order valence-corrected chi connectivity index (χ4v) is 2.38. The van der Waals surface area contributed by atoms with E-state index in [9.17, 15) is 0 Å². The molecule has 0 saturated heterocycles. The Morgan fingerprint density at radius 1 is 1.27 bits per heavy atom. The zero-order chi connectivity index (χ0) is 15.4. The molecule has 22 heavy (non-hydrogen) atoms. The number of hydrogen-bond acceptors (Lipinski definition) is 3. The Morgan fingerprint density at radius 3 is 2.95 bits per heavy atom. The molecule has 1 aromatic heterocycles. The molecule has 0 spiro atoms. The third kappa shape index (κ3) is 2.84. The van der Waals surface area contributed by atoms with Gasteiger partial charge in [0, 0.05) is 5.69 Å². The van der Waals surface area contributed by atoms with Crippen LogP contribution < -0.4 is 5.32 Å². The average molecular weight is 288 g/mol. The van der Waals surface area contributed by atoms with E-state index in [2.05, 4.69) is 33.5 Å². The van der Waals surface area contributed by atoms with Crippen LogP contribution in [0.4, 0.5) is 5.69 Å². The summed E-state index contributed by atoms with van der Waals surface area (Å²) in [4.78, 5) is 7.78. The van der Waals surface area contributed by atoms with Crippen LogP contribution in [0.5, 0.6) is 0 Å². The van der Waals surface area contributed by atoms with Crippen LogP contribution in [0.25, 0.3) is 17.1 Å². The van der Waals surface area contributed by atoms with Gasteiger partial charge >= 0.3 is 0 Å². The van der Waals surface area contributed by atoms with Gasteiger partial charge in [-0.1, -0.05) is 30.4 Å². The van der Waals surface area contributed by atoms with E-state index < -0.39 is 0 Å². The number of imidazole rings is 1. The van der Waals surface area contributed by atoms with Gasteiger partial charge in [0.05, 0.1) is 29.2 Å². The lowest BCUT2D eigenvalue weighted by atomic mass is 10.1. The number of nitrogens with zero attached hydrogens (tertiary/aromatic N) is 2. The second-order valence-corrected chi connectivity index (χ2v) is 4.97. The number of aromatic nitrogens is 2. The third-order valence-electron chi connectivity index (χ3n) is 3.41. The predicted octanol–water partition coefficient (Wildman–Crippen LogP) is 4.08. The fourth-order valence-electron chi connectivity index (χ4n) is 2.38. The highest BCUT2D eigenvalue weighted by Gasteiger charge is 2.04. The second kappa shape index (κ2) is 6.15. The van der Waals surface area contributed by atoms with Crippen molar-refractivity contribution in [1.29, 1.82) is 5.26 Å². The number of aromatic amines is 1. The van der Waals surface area contributed by atoms with Crippen LogP contribution in [-0.2, 0) is 6.54 Å². The highest BCUT2D eigenvalue weighted by Crippen LogP contribution is 2.18. The minimum absolute atomic E-state index is 0.602. The number of anilines is 1. The van der Waals surface area contributed by atoms with Crippen LogP contribution >= 0.6 is 0 Å². The van der Waals surface area contributed by atoms with Gasteiger partial charge in [0.2, 0.25) is 0 Å². The first kappa shape index (κ1) is 13.9. The maximum Gasteiger partial charge on any atom is 0.126 e. The lowest BCUT2D eigenvalue weighted by Crippen LogP contribution is -2.02. The Bertz CT molecular complexity index is 868. The molecule has 0 unspecified atom stereocenters. The Kier molecular flexibility index (Phi) is 3.88. The number of fused-ring (bicyclic) bond motifs is 1. The van der Waals surface area contributed by atoms with Gasteiger partial charge in [-0.3, -0.25) is 0 Å². The number of allylic oxidation sites excluding steroid dienone is 1. The van der Waals surface area contributed by atoms with Crippen LogP contribution in [0.2, 0.25) is 0 Å². The van der Waals surface area contributed by atoms with Crippen molar-refractivity contribution >= 4 is 22.8 Å². The van der Waals surface area contributed by atoms with Gasteiger partial charge in [0.1, 0.15) is 5.82 Å². The van der Waals surface area contributed by atoms with Crippen molar-refractivity contribution < 1.29 is 0 Å². The molecule has 0 radical (unpaired) electrons. The Hall–Kier alpha value is -3.06. The highest BCUT2D eigenvalue weighted by molar-refractivity contribution is 5.76. The summed E-state index contributed by atoms with van der Waals surface area (Å²) in [7, 11) is 0.